The van der Waals surface area contributed by atoms with Gasteiger partial charge in [-0.15, -0.1) is 0 Å². The third-order valence-corrected chi connectivity index (χ3v) is 4.52. The van der Waals surface area contributed by atoms with Crippen molar-refractivity contribution in [2.75, 3.05) is 38.2 Å². The van der Waals surface area contributed by atoms with Crippen LogP contribution in [0.1, 0.15) is 32.1 Å². The quantitative estimate of drug-likeness (QED) is 0.558. The van der Waals surface area contributed by atoms with Crippen LogP contribution in [-0.4, -0.2) is 65.8 Å². The molecule has 6 heteroatoms. The van der Waals surface area contributed by atoms with Crippen molar-refractivity contribution in [3.8, 4) is 0 Å². The molecule has 0 aromatic heterocycles. The monoisotopic (exact) mass is 346 g/mol. The topological polar surface area (TPSA) is 49.9 Å². The van der Waals surface area contributed by atoms with E-state index in [0.717, 1.165) is 37.6 Å². The number of nitrogens with zero attached hydrogens (tertiary/aromatic N) is 2. The summed E-state index contributed by atoms with van der Waals surface area (Å²) in [6, 6.07) is -0.232. The van der Waals surface area contributed by atoms with Crippen LogP contribution in [0.2, 0.25) is 0 Å². The summed E-state index contributed by atoms with van der Waals surface area (Å²) in [5.41, 5.74) is 0. The molecule has 0 spiro atoms. The molecule has 114 valence electrons. The van der Waals surface area contributed by atoms with Crippen LogP contribution in [-0.2, 0) is 14.3 Å². The highest BCUT2D eigenvalue weighted by Gasteiger charge is 2.36. The van der Waals surface area contributed by atoms with Crippen molar-refractivity contribution >= 4 is 27.7 Å². The lowest BCUT2D eigenvalue weighted by Gasteiger charge is -2.32. The van der Waals surface area contributed by atoms with Gasteiger partial charge in [0.05, 0.1) is 13.2 Å². The van der Waals surface area contributed by atoms with E-state index in [1.165, 1.54) is 0 Å². The summed E-state index contributed by atoms with van der Waals surface area (Å²) in [4.78, 5) is 28.4. The Morgan fingerprint density at radius 3 is 2.60 bits per heavy atom. The molecule has 2 amide bonds. The molecule has 2 fully saturated rings. The number of hydrogen-bond acceptors (Lipinski definition) is 3. The SMILES string of the molecule is O=C(C1CCCN1C(=O)CCCCBr)N1CCOCC1. The lowest BCUT2D eigenvalue weighted by Crippen LogP contribution is -2.51. The van der Waals surface area contributed by atoms with Gasteiger partial charge in [0.2, 0.25) is 11.8 Å². The number of hydrogen-bond donors (Lipinski definition) is 0. The number of unbranched alkanes of at least 4 members (excludes halogenated alkanes) is 1. The first-order valence-electron chi connectivity index (χ1n) is 7.46. The van der Waals surface area contributed by atoms with Crippen LogP contribution in [0, 0.1) is 0 Å². The van der Waals surface area contributed by atoms with Gasteiger partial charge in [-0.2, -0.15) is 0 Å². The minimum Gasteiger partial charge on any atom is -0.378 e. The molecular formula is C14H23BrN2O3. The zero-order chi connectivity index (χ0) is 14.4. The number of likely N-dealkylation sites (tertiary alicyclic amines) is 1. The van der Waals surface area contributed by atoms with Crippen molar-refractivity contribution in [3.63, 3.8) is 0 Å². The Balaban J connectivity index is 1.88. The maximum absolute atomic E-state index is 12.5. The molecule has 1 atom stereocenters. The summed E-state index contributed by atoms with van der Waals surface area (Å²) in [5, 5.41) is 0.927. The molecular weight excluding hydrogens is 324 g/mol. The van der Waals surface area contributed by atoms with Crippen LogP contribution in [0.3, 0.4) is 0 Å². The molecule has 0 aromatic carbocycles. The highest BCUT2D eigenvalue weighted by molar-refractivity contribution is 9.09. The number of amides is 2. The second-order valence-electron chi connectivity index (χ2n) is 5.33. The Hall–Kier alpha value is -0.620. The molecule has 0 saturated carbocycles. The second-order valence-corrected chi connectivity index (χ2v) is 6.12. The van der Waals surface area contributed by atoms with Gasteiger partial charge in [0.25, 0.3) is 0 Å². The predicted molar refractivity (Wildman–Crippen MR) is 79.8 cm³/mol. The van der Waals surface area contributed by atoms with Gasteiger partial charge in [0.15, 0.2) is 0 Å². The molecule has 20 heavy (non-hydrogen) atoms. The normalized spacial score (nSPS) is 23.1. The third kappa shape index (κ3) is 3.95. The summed E-state index contributed by atoms with van der Waals surface area (Å²) in [5.74, 6) is 0.245. The smallest absolute Gasteiger partial charge is 0.245 e. The number of halogens is 1. The largest absolute Gasteiger partial charge is 0.378 e. The maximum atomic E-state index is 12.5. The van der Waals surface area contributed by atoms with Crippen molar-refractivity contribution < 1.29 is 14.3 Å². The van der Waals surface area contributed by atoms with E-state index in [0.29, 0.717) is 32.7 Å². The van der Waals surface area contributed by atoms with Crippen molar-refractivity contribution in [3.05, 3.63) is 0 Å². The van der Waals surface area contributed by atoms with Crippen molar-refractivity contribution in [1.82, 2.24) is 9.80 Å². The molecule has 2 heterocycles. The molecule has 2 rings (SSSR count). The van der Waals surface area contributed by atoms with Gasteiger partial charge >= 0.3 is 0 Å². The van der Waals surface area contributed by atoms with Gasteiger partial charge in [-0.05, 0) is 25.7 Å². The Kier molecular flexibility index (Phi) is 6.29. The van der Waals surface area contributed by atoms with Gasteiger partial charge in [0, 0.05) is 31.4 Å². The van der Waals surface area contributed by atoms with E-state index >= 15 is 0 Å². The van der Waals surface area contributed by atoms with Crippen molar-refractivity contribution in [1.29, 1.82) is 0 Å². The molecule has 2 saturated heterocycles. The summed E-state index contributed by atoms with van der Waals surface area (Å²) in [6.45, 7) is 3.26. The summed E-state index contributed by atoms with van der Waals surface area (Å²) in [7, 11) is 0. The minimum atomic E-state index is -0.232. The summed E-state index contributed by atoms with van der Waals surface area (Å²) >= 11 is 3.37. The van der Waals surface area contributed by atoms with Crippen LogP contribution in [0.25, 0.3) is 0 Å². The van der Waals surface area contributed by atoms with E-state index < -0.39 is 0 Å². The van der Waals surface area contributed by atoms with E-state index in [-0.39, 0.29) is 17.9 Å². The lowest BCUT2D eigenvalue weighted by molar-refractivity contribution is -0.146. The first-order valence-corrected chi connectivity index (χ1v) is 8.58. The first kappa shape index (κ1) is 15.8. The number of rotatable bonds is 5. The standard InChI is InChI=1S/C14H23BrN2O3/c15-6-2-1-5-13(18)17-7-3-4-12(17)14(19)16-8-10-20-11-9-16/h12H,1-11H2. The van der Waals surface area contributed by atoms with Crippen molar-refractivity contribution in [2.45, 2.75) is 38.1 Å². The van der Waals surface area contributed by atoms with Crippen LogP contribution in [0.5, 0.6) is 0 Å². The van der Waals surface area contributed by atoms with E-state index in [4.69, 9.17) is 4.74 Å². The number of morpholine rings is 1. The Morgan fingerprint density at radius 1 is 1.15 bits per heavy atom. The molecule has 1 unspecified atom stereocenters. The Morgan fingerprint density at radius 2 is 1.90 bits per heavy atom. The number of ether oxygens (including phenoxy) is 1. The van der Waals surface area contributed by atoms with Gasteiger partial charge in [0.1, 0.15) is 6.04 Å². The molecule has 0 aliphatic carbocycles. The molecule has 5 nitrogen and oxygen atoms in total. The first-order chi connectivity index (χ1) is 9.74. The van der Waals surface area contributed by atoms with E-state index in [1.807, 2.05) is 4.90 Å². The maximum Gasteiger partial charge on any atom is 0.245 e. The molecule has 0 N–H and O–H groups in total. The molecule has 0 radical (unpaired) electrons. The van der Waals surface area contributed by atoms with Crippen LogP contribution in [0.4, 0.5) is 0 Å². The molecule has 0 aromatic rings. The van der Waals surface area contributed by atoms with E-state index in [2.05, 4.69) is 15.9 Å². The third-order valence-electron chi connectivity index (χ3n) is 3.96. The molecule has 2 aliphatic heterocycles. The zero-order valence-corrected chi connectivity index (χ0v) is 13.4. The Labute approximate surface area is 128 Å². The minimum absolute atomic E-state index is 0.111. The fourth-order valence-corrected chi connectivity index (χ4v) is 3.23. The van der Waals surface area contributed by atoms with Crippen LogP contribution in [0.15, 0.2) is 0 Å². The molecule has 2 aliphatic rings. The number of alkyl halides is 1. The van der Waals surface area contributed by atoms with E-state index in [1.54, 1.807) is 4.90 Å². The highest BCUT2D eigenvalue weighted by atomic mass is 79.9. The number of carbonyl (C=O) groups is 2. The fourth-order valence-electron chi connectivity index (χ4n) is 2.83. The highest BCUT2D eigenvalue weighted by Crippen LogP contribution is 2.21. The Bertz CT molecular complexity index is 345. The molecule has 0 bridgehead atoms. The average Bonchev–Trinajstić information content (AvgIpc) is 2.97. The van der Waals surface area contributed by atoms with Gasteiger partial charge in [-0.1, -0.05) is 15.9 Å². The second kappa shape index (κ2) is 7.98. The van der Waals surface area contributed by atoms with Gasteiger partial charge in [-0.25, -0.2) is 0 Å². The summed E-state index contributed by atoms with van der Waals surface area (Å²) < 4.78 is 5.27. The van der Waals surface area contributed by atoms with E-state index in [9.17, 15) is 9.59 Å². The van der Waals surface area contributed by atoms with Gasteiger partial charge in [-0.3, -0.25) is 9.59 Å². The average molecular weight is 347 g/mol. The van der Waals surface area contributed by atoms with Gasteiger partial charge < -0.3 is 14.5 Å². The van der Waals surface area contributed by atoms with Crippen molar-refractivity contribution in [2.24, 2.45) is 0 Å². The summed E-state index contributed by atoms with van der Waals surface area (Å²) in [6.07, 6.45) is 4.19. The predicted octanol–water partition coefficient (Wildman–Crippen LogP) is 1.40. The van der Waals surface area contributed by atoms with Crippen LogP contribution < -0.4 is 0 Å². The lowest BCUT2D eigenvalue weighted by atomic mass is 10.1. The fraction of sp³-hybridized carbons (Fsp3) is 0.857. The number of carbonyl (C=O) groups excluding carboxylic acids is 2. The zero-order valence-electron chi connectivity index (χ0n) is 11.9. The van der Waals surface area contributed by atoms with Crippen LogP contribution >= 0.6 is 15.9 Å².